The van der Waals surface area contributed by atoms with E-state index in [1.54, 1.807) is 0 Å². The van der Waals surface area contributed by atoms with E-state index in [-0.39, 0.29) is 0 Å². The fraction of sp³-hybridized carbons (Fsp3) is 0.542. The number of nitrogens with zero attached hydrogens (tertiary/aromatic N) is 4. The molecule has 8 nitrogen and oxygen atoms in total. The van der Waals surface area contributed by atoms with Crippen molar-refractivity contribution in [3.05, 3.63) is 41.5 Å². The molecule has 5 heterocycles. The van der Waals surface area contributed by atoms with Crippen LogP contribution in [0.1, 0.15) is 49.7 Å². The zero-order valence-electron chi connectivity index (χ0n) is 19.2. The first kappa shape index (κ1) is 21.2. The van der Waals surface area contributed by atoms with E-state index in [9.17, 15) is 0 Å². The largest absolute Gasteiger partial charge is 0.381 e. The first-order valence-electron chi connectivity index (χ1n) is 11.7. The number of aryl methyl sites for hydroxylation is 1. The van der Waals surface area contributed by atoms with Gasteiger partial charge in [0, 0.05) is 44.6 Å². The topological polar surface area (TPSA) is 91.0 Å². The zero-order chi connectivity index (χ0) is 22.1. The van der Waals surface area contributed by atoms with Gasteiger partial charge >= 0.3 is 0 Å². The summed E-state index contributed by atoms with van der Waals surface area (Å²) in [6, 6.07) is 7.19. The van der Waals surface area contributed by atoms with Crippen LogP contribution < -0.4 is 15.5 Å². The fourth-order valence-electron chi connectivity index (χ4n) is 5.06. The average Bonchev–Trinajstić information content (AvgIpc) is 3.21. The minimum atomic E-state index is 0.455. The molecule has 3 N–H and O–H groups in total. The third kappa shape index (κ3) is 4.42. The maximum absolute atomic E-state index is 5.57. The Morgan fingerprint density at radius 2 is 1.88 bits per heavy atom. The van der Waals surface area contributed by atoms with Crippen molar-refractivity contribution < 1.29 is 4.74 Å². The Morgan fingerprint density at radius 3 is 2.66 bits per heavy atom. The van der Waals surface area contributed by atoms with Crippen LogP contribution in [0.4, 0.5) is 11.6 Å². The van der Waals surface area contributed by atoms with E-state index in [2.05, 4.69) is 63.7 Å². The van der Waals surface area contributed by atoms with Gasteiger partial charge in [-0.15, -0.1) is 0 Å². The number of aromatic nitrogens is 4. The second-order valence-electron chi connectivity index (χ2n) is 9.19. The van der Waals surface area contributed by atoms with Crippen LogP contribution >= 0.6 is 0 Å². The molecule has 170 valence electrons. The van der Waals surface area contributed by atoms with E-state index in [0.717, 1.165) is 73.3 Å². The van der Waals surface area contributed by atoms with Crippen LogP contribution in [0.25, 0.3) is 11.0 Å². The normalized spacial score (nSPS) is 22.4. The van der Waals surface area contributed by atoms with Crippen LogP contribution in [0, 0.1) is 6.92 Å². The molecule has 5 rings (SSSR count). The van der Waals surface area contributed by atoms with Gasteiger partial charge in [-0.25, -0.2) is 15.0 Å². The molecule has 2 saturated heterocycles. The van der Waals surface area contributed by atoms with Crippen LogP contribution in [-0.2, 0) is 11.3 Å². The number of pyridine rings is 1. The molecule has 0 aromatic carbocycles. The molecular weight excluding hydrogens is 402 g/mol. The van der Waals surface area contributed by atoms with Gasteiger partial charge in [-0.1, -0.05) is 6.07 Å². The van der Waals surface area contributed by atoms with E-state index >= 15 is 0 Å². The highest BCUT2D eigenvalue weighted by molar-refractivity contribution is 5.91. The number of H-pyrrole nitrogens is 1. The van der Waals surface area contributed by atoms with Crippen molar-refractivity contribution in [1.29, 1.82) is 0 Å². The second kappa shape index (κ2) is 9.03. The van der Waals surface area contributed by atoms with Gasteiger partial charge in [0.25, 0.3) is 0 Å². The molecule has 32 heavy (non-hydrogen) atoms. The second-order valence-corrected chi connectivity index (χ2v) is 9.19. The molecule has 0 aliphatic carbocycles. The Balaban J connectivity index is 1.38. The Morgan fingerprint density at radius 1 is 1.09 bits per heavy atom. The van der Waals surface area contributed by atoms with Crippen LogP contribution in [0.5, 0.6) is 0 Å². The van der Waals surface area contributed by atoms with E-state index in [0.29, 0.717) is 24.5 Å². The molecule has 0 unspecified atom stereocenters. The number of piperazine rings is 1. The summed E-state index contributed by atoms with van der Waals surface area (Å²) in [6.07, 6.45) is 4.17. The molecule has 2 atom stereocenters. The van der Waals surface area contributed by atoms with Crippen molar-refractivity contribution in [3.8, 4) is 0 Å². The lowest BCUT2D eigenvalue weighted by Gasteiger charge is -2.37. The Hall–Kier alpha value is -2.71. The number of nitrogens with one attached hydrogen (secondary N) is 3. The first-order chi connectivity index (χ1) is 15.6. The maximum atomic E-state index is 5.57. The van der Waals surface area contributed by atoms with Crippen molar-refractivity contribution >= 4 is 22.7 Å². The van der Waals surface area contributed by atoms with Crippen LogP contribution in [0.3, 0.4) is 0 Å². The van der Waals surface area contributed by atoms with Crippen molar-refractivity contribution in [2.24, 2.45) is 0 Å². The van der Waals surface area contributed by atoms with Gasteiger partial charge in [0.1, 0.15) is 23.1 Å². The predicted octanol–water partition coefficient (Wildman–Crippen LogP) is 3.35. The number of hydrogen-bond acceptors (Lipinski definition) is 7. The molecule has 0 bridgehead atoms. The highest BCUT2D eigenvalue weighted by Gasteiger charge is 2.23. The van der Waals surface area contributed by atoms with Gasteiger partial charge in [-0.2, -0.15) is 0 Å². The van der Waals surface area contributed by atoms with Crippen molar-refractivity contribution in [3.63, 3.8) is 0 Å². The summed E-state index contributed by atoms with van der Waals surface area (Å²) in [4.78, 5) is 20.1. The number of rotatable bonds is 5. The van der Waals surface area contributed by atoms with Gasteiger partial charge in [-0.05, 0) is 57.2 Å². The van der Waals surface area contributed by atoms with E-state index in [1.165, 1.54) is 5.56 Å². The molecule has 0 saturated carbocycles. The molecule has 2 aliphatic heterocycles. The third-order valence-electron chi connectivity index (χ3n) is 6.45. The molecule has 2 fully saturated rings. The van der Waals surface area contributed by atoms with Crippen molar-refractivity contribution in [2.75, 3.05) is 36.5 Å². The Kier molecular flexibility index (Phi) is 5.97. The molecule has 3 aromatic rings. The van der Waals surface area contributed by atoms with Gasteiger partial charge in [-0.3, -0.25) is 0 Å². The number of aromatic amines is 1. The average molecular weight is 436 g/mol. The zero-order valence-corrected chi connectivity index (χ0v) is 19.2. The summed E-state index contributed by atoms with van der Waals surface area (Å²) in [5.74, 6) is 3.15. The van der Waals surface area contributed by atoms with Gasteiger partial charge in [0.15, 0.2) is 0 Å². The number of anilines is 2. The fourth-order valence-corrected chi connectivity index (χ4v) is 5.06. The quantitative estimate of drug-likeness (QED) is 0.566. The van der Waals surface area contributed by atoms with Crippen molar-refractivity contribution in [2.45, 2.75) is 58.2 Å². The van der Waals surface area contributed by atoms with Gasteiger partial charge in [0.05, 0.1) is 17.6 Å². The van der Waals surface area contributed by atoms with Crippen LogP contribution in [0.15, 0.2) is 24.4 Å². The molecule has 2 aliphatic rings. The molecule has 0 spiro atoms. The van der Waals surface area contributed by atoms with Crippen LogP contribution in [-0.4, -0.2) is 58.3 Å². The maximum Gasteiger partial charge on any atom is 0.143 e. The summed E-state index contributed by atoms with van der Waals surface area (Å²) >= 11 is 0. The minimum Gasteiger partial charge on any atom is -0.381 e. The minimum absolute atomic E-state index is 0.455. The standard InChI is InChI=1S/C24H33N7O/c1-15-13-31(14-16(2)27-15)21-6-4-5-19(30-21)11-25-23-22-20(18-7-9-32-10-8-18)12-26-24(22)29-17(3)28-23/h4-6,12,15-16,18,27H,7-11,13-14H2,1-3H3,(H2,25,26,28,29)/t15-,16+. The van der Waals surface area contributed by atoms with E-state index in [4.69, 9.17) is 14.7 Å². The van der Waals surface area contributed by atoms with E-state index in [1.807, 2.05) is 6.92 Å². The number of fused-ring (bicyclic) bond motifs is 1. The van der Waals surface area contributed by atoms with Gasteiger partial charge < -0.3 is 25.3 Å². The summed E-state index contributed by atoms with van der Waals surface area (Å²) in [6.45, 7) is 10.6. The smallest absolute Gasteiger partial charge is 0.143 e. The lowest BCUT2D eigenvalue weighted by molar-refractivity contribution is 0.0856. The highest BCUT2D eigenvalue weighted by Crippen LogP contribution is 2.35. The molecular formula is C24H33N7O. The molecule has 8 heteroatoms. The third-order valence-corrected chi connectivity index (χ3v) is 6.45. The molecule has 0 radical (unpaired) electrons. The lowest BCUT2D eigenvalue weighted by Crippen LogP contribution is -2.54. The predicted molar refractivity (Wildman–Crippen MR) is 127 cm³/mol. The Labute approximate surface area is 189 Å². The van der Waals surface area contributed by atoms with Crippen molar-refractivity contribution in [1.82, 2.24) is 25.3 Å². The van der Waals surface area contributed by atoms with E-state index < -0.39 is 0 Å². The Bertz CT molecular complexity index is 1070. The summed E-state index contributed by atoms with van der Waals surface area (Å²) in [7, 11) is 0. The van der Waals surface area contributed by atoms with Crippen LogP contribution in [0.2, 0.25) is 0 Å². The lowest BCUT2D eigenvalue weighted by atomic mass is 9.92. The molecule has 0 amide bonds. The number of hydrogen-bond donors (Lipinski definition) is 3. The molecule has 3 aromatic heterocycles. The van der Waals surface area contributed by atoms with Gasteiger partial charge in [0.2, 0.25) is 0 Å². The summed E-state index contributed by atoms with van der Waals surface area (Å²) in [5, 5.41) is 8.25. The summed E-state index contributed by atoms with van der Waals surface area (Å²) < 4.78 is 5.57. The first-order valence-corrected chi connectivity index (χ1v) is 11.7. The SMILES string of the molecule is Cc1nc(NCc2cccc(N3C[C@@H](C)N[C@@H](C)C3)n2)c2c(C3CCOCC3)c[nH]c2n1. The number of ether oxygens (including phenoxy) is 1. The summed E-state index contributed by atoms with van der Waals surface area (Å²) in [5.41, 5.74) is 3.19. The monoisotopic (exact) mass is 435 g/mol. The highest BCUT2D eigenvalue weighted by atomic mass is 16.5.